The third-order valence-electron chi connectivity index (χ3n) is 8.20. The number of hydrogen-bond donors (Lipinski definition) is 2. The Morgan fingerprint density at radius 1 is 1.30 bits per heavy atom. The lowest BCUT2D eigenvalue weighted by molar-refractivity contribution is -0.115. The van der Waals surface area contributed by atoms with Crippen molar-refractivity contribution >= 4 is 28.5 Å². The van der Waals surface area contributed by atoms with Crippen molar-refractivity contribution in [3.8, 4) is 0 Å². The number of allylic oxidation sites excluding steroid dienone is 2. The van der Waals surface area contributed by atoms with E-state index in [9.17, 15) is 14.1 Å². The fraction of sp³-hybridized carbons (Fsp3) is 0.567. The molecule has 2 aliphatic rings. The van der Waals surface area contributed by atoms with E-state index in [0.717, 1.165) is 43.1 Å². The molecule has 1 heterocycles. The Morgan fingerprint density at radius 3 is 2.68 bits per heavy atom. The Kier molecular flexibility index (Phi) is 10.6. The van der Waals surface area contributed by atoms with Crippen molar-refractivity contribution in [3.05, 3.63) is 70.4 Å². The van der Waals surface area contributed by atoms with Crippen LogP contribution in [-0.4, -0.2) is 44.6 Å². The zero-order valence-corrected chi connectivity index (χ0v) is 24.4. The van der Waals surface area contributed by atoms with Gasteiger partial charge in [-0.2, -0.15) is 0 Å². The molecule has 1 aliphatic carbocycles. The molecule has 1 aromatic carbocycles. The van der Waals surface area contributed by atoms with E-state index >= 15 is 0 Å². The Balaban J connectivity index is 1.90. The topological polar surface area (TPSA) is 69.6 Å². The molecule has 7 unspecified atom stereocenters. The van der Waals surface area contributed by atoms with Gasteiger partial charge in [-0.25, -0.2) is 4.21 Å². The van der Waals surface area contributed by atoms with Crippen LogP contribution in [0, 0.1) is 17.8 Å². The number of aliphatic hydroxyl groups excluding tert-OH is 1. The monoisotopic (exact) mass is 546 g/mol. The van der Waals surface area contributed by atoms with E-state index in [2.05, 4.69) is 36.1 Å². The quantitative estimate of drug-likeness (QED) is 0.460. The van der Waals surface area contributed by atoms with Gasteiger partial charge in [-0.15, -0.1) is 0 Å². The van der Waals surface area contributed by atoms with E-state index in [1.54, 1.807) is 13.0 Å². The second-order valence-corrected chi connectivity index (χ2v) is 12.9. The van der Waals surface area contributed by atoms with Crippen molar-refractivity contribution in [1.29, 1.82) is 0 Å². The summed E-state index contributed by atoms with van der Waals surface area (Å²) in [6.07, 6.45) is 8.87. The van der Waals surface area contributed by atoms with Crippen molar-refractivity contribution in [1.82, 2.24) is 9.62 Å². The van der Waals surface area contributed by atoms with Gasteiger partial charge >= 0.3 is 0 Å². The SMILES string of the molecule is C=C1/C=C(\C)C(=O)NS(=O)C(C)C(C)C/C=C/C(O)C2CCC2CN1CC(C)c1ccc(Cl)cc1CC. The van der Waals surface area contributed by atoms with Gasteiger partial charge in [0.15, 0.2) is 0 Å². The van der Waals surface area contributed by atoms with Gasteiger partial charge in [-0.1, -0.05) is 57.2 Å². The number of amides is 1. The molecular formula is C30H43ClN2O3S. The molecule has 0 bridgehead atoms. The molecule has 5 nitrogen and oxygen atoms in total. The predicted molar refractivity (Wildman–Crippen MR) is 155 cm³/mol. The number of nitrogens with zero attached hydrogens (tertiary/aromatic N) is 1. The number of rotatable bonds is 4. The van der Waals surface area contributed by atoms with Crippen LogP contribution in [0.25, 0.3) is 0 Å². The molecule has 1 aromatic rings. The zero-order chi connectivity index (χ0) is 27.3. The molecule has 3 rings (SSSR count). The lowest BCUT2D eigenvalue weighted by atomic mass is 9.70. The van der Waals surface area contributed by atoms with Gasteiger partial charge in [0.1, 0.15) is 11.0 Å². The Bertz CT molecular complexity index is 1070. The fourth-order valence-corrected chi connectivity index (χ4v) is 6.56. The second kappa shape index (κ2) is 13.3. The molecule has 0 radical (unpaired) electrons. The third kappa shape index (κ3) is 7.58. The molecule has 1 saturated carbocycles. The highest BCUT2D eigenvalue weighted by Gasteiger charge is 2.36. The number of halogens is 1. The summed E-state index contributed by atoms with van der Waals surface area (Å²) >= 11 is 6.26. The highest BCUT2D eigenvalue weighted by atomic mass is 35.5. The van der Waals surface area contributed by atoms with Gasteiger partial charge in [0.25, 0.3) is 5.91 Å². The second-order valence-electron chi connectivity index (χ2n) is 10.9. The fourth-order valence-electron chi connectivity index (χ4n) is 5.30. The average Bonchev–Trinajstić information content (AvgIpc) is 2.83. The summed E-state index contributed by atoms with van der Waals surface area (Å²) in [5.74, 6) is 0.532. The van der Waals surface area contributed by atoms with E-state index in [1.807, 2.05) is 38.1 Å². The standard InChI is InChI=1S/C30H43ClN2O3S/c1-7-24-16-26(31)12-14-27(24)21(4)17-33-18-25-11-13-28(25)29(34)10-8-9-19(2)23(6)37(36)32-30(35)20(3)15-22(33)5/h8,10,12,14-16,19,21,23,25,28-29,34H,5,7,9,11,13,17-18H2,1-4,6H3,(H,32,35)/b10-8+,20-15+. The van der Waals surface area contributed by atoms with Crippen LogP contribution in [0.4, 0.5) is 0 Å². The minimum atomic E-state index is -1.51. The molecule has 1 aliphatic heterocycles. The molecular weight excluding hydrogens is 504 g/mol. The number of nitrogens with one attached hydrogen (secondary N) is 1. The van der Waals surface area contributed by atoms with Crippen molar-refractivity contribution < 1.29 is 14.1 Å². The number of hydrogen-bond acceptors (Lipinski definition) is 4. The van der Waals surface area contributed by atoms with Crippen LogP contribution in [0.5, 0.6) is 0 Å². The smallest absolute Gasteiger partial charge is 0.258 e. The first kappa shape index (κ1) is 29.7. The Hall–Kier alpha value is -1.89. The van der Waals surface area contributed by atoms with Gasteiger partial charge in [-0.3, -0.25) is 9.52 Å². The Morgan fingerprint density at radius 2 is 2.03 bits per heavy atom. The lowest BCUT2D eigenvalue weighted by Crippen LogP contribution is -2.43. The molecule has 0 saturated heterocycles. The summed E-state index contributed by atoms with van der Waals surface area (Å²) in [4.78, 5) is 15.1. The number of fused-ring (bicyclic) bond motifs is 1. The van der Waals surface area contributed by atoms with E-state index in [4.69, 9.17) is 11.6 Å². The number of carbonyl (C=O) groups is 1. The first-order chi connectivity index (χ1) is 17.5. The summed E-state index contributed by atoms with van der Waals surface area (Å²) in [6.45, 7) is 15.8. The highest BCUT2D eigenvalue weighted by molar-refractivity contribution is 7.84. The first-order valence-electron chi connectivity index (χ1n) is 13.5. The number of aryl methyl sites for hydroxylation is 1. The maximum absolute atomic E-state index is 12.9. The predicted octanol–water partition coefficient (Wildman–Crippen LogP) is 5.92. The van der Waals surface area contributed by atoms with Gasteiger partial charge in [-0.05, 0) is 92.5 Å². The van der Waals surface area contributed by atoms with Crippen LogP contribution in [0.2, 0.25) is 5.02 Å². The van der Waals surface area contributed by atoms with E-state index in [0.29, 0.717) is 17.9 Å². The summed E-state index contributed by atoms with van der Waals surface area (Å²) in [6, 6.07) is 6.09. The van der Waals surface area contributed by atoms with E-state index in [-0.39, 0.29) is 28.9 Å². The van der Waals surface area contributed by atoms with Gasteiger partial charge in [0.2, 0.25) is 0 Å². The van der Waals surface area contributed by atoms with Gasteiger partial charge < -0.3 is 10.0 Å². The Labute approximate surface area is 230 Å². The van der Waals surface area contributed by atoms with Crippen molar-refractivity contribution in [3.63, 3.8) is 0 Å². The van der Waals surface area contributed by atoms with Crippen LogP contribution < -0.4 is 4.72 Å². The summed E-state index contributed by atoms with van der Waals surface area (Å²) in [5, 5.41) is 11.5. The van der Waals surface area contributed by atoms with Crippen molar-refractivity contribution in [2.24, 2.45) is 17.8 Å². The lowest BCUT2D eigenvalue weighted by Gasteiger charge is -2.43. The molecule has 7 atom stereocenters. The van der Waals surface area contributed by atoms with Crippen LogP contribution in [-0.2, 0) is 22.2 Å². The molecule has 7 heteroatoms. The minimum absolute atomic E-state index is 0.104. The number of aliphatic hydroxyl groups is 1. The summed E-state index contributed by atoms with van der Waals surface area (Å²) in [7, 11) is -1.51. The molecule has 0 spiro atoms. The zero-order valence-electron chi connectivity index (χ0n) is 22.9. The van der Waals surface area contributed by atoms with Gasteiger partial charge in [0.05, 0.1) is 11.4 Å². The van der Waals surface area contributed by atoms with Crippen LogP contribution in [0.1, 0.15) is 70.9 Å². The summed E-state index contributed by atoms with van der Waals surface area (Å²) in [5.41, 5.74) is 3.73. The van der Waals surface area contributed by atoms with Crippen molar-refractivity contribution in [2.75, 3.05) is 13.1 Å². The van der Waals surface area contributed by atoms with Crippen LogP contribution in [0.3, 0.4) is 0 Å². The maximum atomic E-state index is 12.9. The molecule has 0 aromatic heterocycles. The van der Waals surface area contributed by atoms with Crippen LogP contribution in [0.15, 0.2) is 54.3 Å². The minimum Gasteiger partial charge on any atom is -0.389 e. The van der Waals surface area contributed by atoms with E-state index < -0.39 is 17.1 Å². The molecule has 1 fully saturated rings. The molecule has 37 heavy (non-hydrogen) atoms. The normalized spacial score (nSPS) is 32.9. The largest absolute Gasteiger partial charge is 0.389 e. The van der Waals surface area contributed by atoms with Crippen molar-refractivity contribution in [2.45, 2.75) is 77.6 Å². The third-order valence-corrected chi connectivity index (χ3v) is 9.96. The summed E-state index contributed by atoms with van der Waals surface area (Å²) < 4.78 is 15.5. The molecule has 2 N–H and O–H groups in total. The average molecular weight is 547 g/mol. The molecule has 1 amide bonds. The van der Waals surface area contributed by atoms with Gasteiger partial charge in [0, 0.05) is 29.4 Å². The van der Waals surface area contributed by atoms with Crippen LogP contribution >= 0.6 is 11.6 Å². The maximum Gasteiger partial charge on any atom is 0.258 e. The number of carbonyl (C=O) groups excluding carboxylic acids is 1. The van der Waals surface area contributed by atoms with E-state index in [1.165, 1.54) is 11.1 Å². The highest BCUT2D eigenvalue weighted by Crippen LogP contribution is 2.39. The first-order valence-corrected chi connectivity index (χ1v) is 15.1. The number of benzene rings is 1. The molecule has 204 valence electrons.